The largest absolute Gasteiger partial charge is 0.472 e. The van der Waals surface area contributed by atoms with E-state index in [9.17, 15) is 43.2 Å². The second kappa shape index (κ2) is 51.2. The van der Waals surface area contributed by atoms with E-state index < -0.39 is 97.5 Å². The summed E-state index contributed by atoms with van der Waals surface area (Å²) in [5, 5.41) is 10.5. The number of hydrogen-bond donors (Lipinski definition) is 3. The topological polar surface area (TPSA) is 237 Å². The highest BCUT2D eigenvalue weighted by molar-refractivity contribution is 7.47. The lowest BCUT2D eigenvalue weighted by Gasteiger charge is -2.21. The van der Waals surface area contributed by atoms with Gasteiger partial charge in [0, 0.05) is 25.7 Å². The Hall–Kier alpha value is -1.94. The third-order valence-electron chi connectivity index (χ3n) is 13.0. The summed E-state index contributed by atoms with van der Waals surface area (Å²) in [6.07, 6.45) is 32.3. The fourth-order valence-electron chi connectivity index (χ4n) is 8.34. The molecule has 76 heavy (non-hydrogen) atoms. The van der Waals surface area contributed by atoms with Crippen LogP contribution in [-0.2, 0) is 65.4 Å². The van der Waals surface area contributed by atoms with Crippen LogP contribution in [0.3, 0.4) is 0 Å². The van der Waals surface area contributed by atoms with Gasteiger partial charge in [-0.2, -0.15) is 0 Å². The van der Waals surface area contributed by atoms with E-state index in [1.807, 2.05) is 0 Å². The van der Waals surface area contributed by atoms with E-state index >= 15 is 0 Å². The van der Waals surface area contributed by atoms with Crippen LogP contribution in [0.4, 0.5) is 0 Å². The molecule has 0 aromatic rings. The Morgan fingerprint density at radius 3 is 0.895 bits per heavy atom. The van der Waals surface area contributed by atoms with Gasteiger partial charge in [0.15, 0.2) is 12.2 Å². The molecule has 0 spiro atoms. The summed E-state index contributed by atoms with van der Waals surface area (Å²) in [4.78, 5) is 71.6. The van der Waals surface area contributed by atoms with Crippen LogP contribution in [0.1, 0.15) is 279 Å². The minimum atomic E-state index is -4.93. The van der Waals surface area contributed by atoms with E-state index in [1.165, 1.54) is 83.5 Å². The molecule has 0 aliphatic rings. The molecular weight excluding hydrogens is 1020 g/mol. The molecule has 0 fully saturated rings. The zero-order valence-corrected chi connectivity index (χ0v) is 50.2. The maximum absolute atomic E-state index is 12.9. The van der Waals surface area contributed by atoms with Crippen LogP contribution in [0.5, 0.6) is 0 Å². The van der Waals surface area contributed by atoms with Crippen molar-refractivity contribution in [3.63, 3.8) is 0 Å². The molecule has 0 rings (SSSR count). The van der Waals surface area contributed by atoms with Crippen LogP contribution >= 0.6 is 15.6 Å². The van der Waals surface area contributed by atoms with Crippen molar-refractivity contribution < 1.29 is 80.2 Å². The Labute approximate surface area is 460 Å². The van der Waals surface area contributed by atoms with Gasteiger partial charge in [0.25, 0.3) is 0 Å². The number of aliphatic hydroxyl groups is 1. The number of unbranched alkanes of at least 4 members (excludes halogenated alkanes) is 29. The van der Waals surface area contributed by atoms with Gasteiger partial charge in [-0.1, -0.05) is 227 Å². The highest BCUT2D eigenvalue weighted by atomic mass is 31.2. The number of rotatable bonds is 57. The number of phosphoric acid groups is 2. The zero-order valence-electron chi connectivity index (χ0n) is 48.4. The summed E-state index contributed by atoms with van der Waals surface area (Å²) < 4.78 is 67.5. The molecule has 0 aliphatic heterocycles. The van der Waals surface area contributed by atoms with E-state index in [1.54, 1.807) is 0 Å². The van der Waals surface area contributed by atoms with Crippen molar-refractivity contribution in [3.05, 3.63) is 0 Å². The molecule has 17 nitrogen and oxygen atoms in total. The van der Waals surface area contributed by atoms with Crippen molar-refractivity contribution in [2.75, 3.05) is 39.6 Å². The second-order valence-electron chi connectivity index (χ2n) is 21.2. The second-order valence-corrected chi connectivity index (χ2v) is 24.1. The molecule has 0 saturated carbocycles. The van der Waals surface area contributed by atoms with Crippen molar-refractivity contribution in [1.82, 2.24) is 0 Å². The summed E-state index contributed by atoms with van der Waals surface area (Å²) >= 11 is 0. The molecule has 19 heteroatoms. The molecule has 0 radical (unpaired) electrons. The molecule has 2 unspecified atom stereocenters. The first-order valence-corrected chi connectivity index (χ1v) is 33.1. The molecule has 0 saturated heterocycles. The fourth-order valence-corrected chi connectivity index (χ4v) is 9.92. The van der Waals surface area contributed by atoms with Gasteiger partial charge in [-0.05, 0) is 31.6 Å². The van der Waals surface area contributed by atoms with Gasteiger partial charge in [0.1, 0.15) is 19.3 Å². The number of carbonyl (C=O) groups is 4. The van der Waals surface area contributed by atoms with E-state index in [-0.39, 0.29) is 25.7 Å². The van der Waals surface area contributed by atoms with Gasteiger partial charge in [-0.3, -0.25) is 37.3 Å². The van der Waals surface area contributed by atoms with E-state index in [4.69, 9.17) is 37.0 Å². The summed E-state index contributed by atoms with van der Waals surface area (Å²) in [5.41, 5.74) is 0. The SMILES string of the molecule is CCCCCCCCCCCCC(=O)OC[C@H](COP(=O)(O)OC[C@@H](O)COP(=O)(O)OC[C@@H](COC(=O)CCCCCCCCC)OC(=O)CCCCCCCCCC)OC(=O)CCCCCCCCCCC(C)C. The third kappa shape index (κ3) is 51.5. The standard InChI is InChI=1S/C57H110O17P2/c1-6-9-12-15-18-20-21-27-31-36-41-55(60)68-47-53(74-57(62)43-38-33-28-23-22-25-29-34-39-50(4)5)49-72-76(65,66)70-45-51(58)44-69-75(63,64)71-48-52(46-67-54(59)40-35-30-24-17-14-11-8-3)73-56(61)42-37-32-26-19-16-13-10-7-2/h50-53,58H,6-49H2,1-5H3,(H,63,64)(H,65,66)/t51-,52+,53+/m0/s1. The fraction of sp³-hybridized carbons (Fsp3) is 0.930. The van der Waals surface area contributed by atoms with Crippen LogP contribution in [0.15, 0.2) is 0 Å². The Balaban J connectivity index is 5.21. The molecule has 0 aromatic carbocycles. The Bertz CT molecular complexity index is 1500. The molecule has 450 valence electrons. The predicted octanol–water partition coefficient (Wildman–Crippen LogP) is 15.1. The van der Waals surface area contributed by atoms with Gasteiger partial charge in [-0.15, -0.1) is 0 Å². The lowest BCUT2D eigenvalue weighted by atomic mass is 10.0. The van der Waals surface area contributed by atoms with Crippen LogP contribution in [-0.4, -0.2) is 96.7 Å². The van der Waals surface area contributed by atoms with E-state index in [0.717, 1.165) is 115 Å². The van der Waals surface area contributed by atoms with Crippen LogP contribution in [0.2, 0.25) is 0 Å². The normalized spacial score (nSPS) is 14.4. The van der Waals surface area contributed by atoms with Crippen molar-refractivity contribution >= 4 is 39.5 Å². The molecule has 3 N–H and O–H groups in total. The number of esters is 4. The molecule has 0 amide bonds. The summed E-state index contributed by atoms with van der Waals surface area (Å²) in [6, 6.07) is 0. The third-order valence-corrected chi connectivity index (χ3v) is 14.9. The monoisotopic (exact) mass is 1130 g/mol. The molecule has 5 atom stereocenters. The van der Waals surface area contributed by atoms with Crippen molar-refractivity contribution in [2.24, 2.45) is 5.92 Å². The van der Waals surface area contributed by atoms with Crippen LogP contribution < -0.4 is 0 Å². The maximum atomic E-state index is 12.9. The Kier molecular flexibility index (Phi) is 49.9. The first-order valence-electron chi connectivity index (χ1n) is 30.1. The Morgan fingerprint density at radius 1 is 0.355 bits per heavy atom. The molecule has 0 bridgehead atoms. The smallest absolute Gasteiger partial charge is 0.462 e. The first-order chi connectivity index (χ1) is 36.5. The average molecular weight is 1130 g/mol. The predicted molar refractivity (Wildman–Crippen MR) is 298 cm³/mol. The number of aliphatic hydroxyl groups excluding tert-OH is 1. The van der Waals surface area contributed by atoms with Gasteiger partial charge in [-0.25, -0.2) is 9.13 Å². The van der Waals surface area contributed by atoms with Gasteiger partial charge in [0.05, 0.1) is 26.4 Å². The lowest BCUT2D eigenvalue weighted by molar-refractivity contribution is -0.161. The van der Waals surface area contributed by atoms with Gasteiger partial charge < -0.3 is 33.8 Å². The number of phosphoric ester groups is 2. The summed E-state index contributed by atoms with van der Waals surface area (Å²) in [6.45, 7) is 7.02. The van der Waals surface area contributed by atoms with Crippen LogP contribution in [0, 0.1) is 5.92 Å². The molecule has 0 aliphatic carbocycles. The summed E-state index contributed by atoms with van der Waals surface area (Å²) in [5.74, 6) is -1.43. The van der Waals surface area contributed by atoms with E-state index in [2.05, 4.69) is 34.6 Å². The first kappa shape index (κ1) is 74.1. The van der Waals surface area contributed by atoms with Gasteiger partial charge in [0.2, 0.25) is 0 Å². The zero-order chi connectivity index (χ0) is 56.4. The molecule has 0 heterocycles. The maximum Gasteiger partial charge on any atom is 0.472 e. The molecular formula is C57H110O17P2. The summed E-state index contributed by atoms with van der Waals surface area (Å²) in [7, 11) is -9.86. The lowest BCUT2D eigenvalue weighted by Crippen LogP contribution is -2.30. The van der Waals surface area contributed by atoms with Crippen molar-refractivity contribution in [3.8, 4) is 0 Å². The number of ether oxygens (including phenoxy) is 4. The minimum absolute atomic E-state index is 0.104. The number of hydrogen-bond acceptors (Lipinski definition) is 15. The van der Waals surface area contributed by atoms with Crippen molar-refractivity contribution in [2.45, 2.75) is 297 Å². The van der Waals surface area contributed by atoms with Gasteiger partial charge >= 0.3 is 39.5 Å². The minimum Gasteiger partial charge on any atom is -0.462 e. The quantitative estimate of drug-likeness (QED) is 0.0222. The van der Waals surface area contributed by atoms with Crippen LogP contribution in [0.25, 0.3) is 0 Å². The van der Waals surface area contributed by atoms with E-state index in [0.29, 0.717) is 25.7 Å². The molecule has 0 aromatic heterocycles. The van der Waals surface area contributed by atoms with Crippen molar-refractivity contribution in [1.29, 1.82) is 0 Å². The Morgan fingerprint density at radius 2 is 0.605 bits per heavy atom. The highest BCUT2D eigenvalue weighted by Crippen LogP contribution is 2.45. The highest BCUT2D eigenvalue weighted by Gasteiger charge is 2.30. The average Bonchev–Trinajstić information content (AvgIpc) is 3.38. The number of carbonyl (C=O) groups excluding carboxylic acids is 4.